The van der Waals surface area contributed by atoms with Crippen molar-refractivity contribution in [3.63, 3.8) is 0 Å². The Bertz CT molecular complexity index is 1240. The molecule has 8 heteroatoms. The number of sulfone groups is 1. The molecule has 3 heterocycles. The van der Waals surface area contributed by atoms with E-state index in [0.717, 1.165) is 49.8 Å². The lowest BCUT2D eigenvalue weighted by molar-refractivity contribution is 0.103. The van der Waals surface area contributed by atoms with Crippen LogP contribution in [0, 0.1) is 0 Å². The highest BCUT2D eigenvalue weighted by atomic mass is 32.2. The van der Waals surface area contributed by atoms with Crippen LogP contribution in [0.5, 0.6) is 0 Å². The molecule has 2 aromatic heterocycles. The first-order valence-corrected chi connectivity index (χ1v) is 13.0. The summed E-state index contributed by atoms with van der Waals surface area (Å²) in [6, 6.07) is 9.68. The quantitative estimate of drug-likeness (QED) is 0.526. The SMILES string of the molecule is CCCCN1CCC(c2c(N)[nH]c3ccc(C(=O)c4ccccc4S(C)(=O)=O)nc23)CC1. The number of hydrogen-bond acceptors (Lipinski definition) is 6. The van der Waals surface area contributed by atoms with E-state index in [1.807, 2.05) is 0 Å². The zero-order valence-electron chi connectivity index (χ0n) is 18.6. The summed E-state index contributed by atoms with van der Waals surface area (Å²) < 4.78 is 24.3. The number of fused-ring (bicyclic) bond motifs is 1. The highest BCUT2D eigenvalue weighted by molar-refractivity contribution is 7.90. The third kappa shape index (κ3) is 4.42. The maximum absolute atomic E-state index is 13.2. The number of aromatic amines is 1. The summed E-state index contributed by atoms with van der Waals surface area (Å²) >= 11 is 0. The Morgan fingerprint density at radius 2 is 1.91 bits per heavy atom. The van der Waals surface area contributed by atoms with Crippen molar-refractivity contribution in [2.75, 3.05) is 31.6 Å². The summed E-state index contributed by atoms with van der Waals surface area (Å²) in [4.78, 5) is 23.6. The number of benzene rings is 1. The van der Waals surface area contributed by atoms with Gasteiger partial charge in [-0.3, -0.25) is 4.79 Å². The minimum atomic E-state index is -3.54. The topological polar surface area (TPSA) is 109 Å². The zero-order chi connectivity index (χ0) is 22.9. The van der Waals surface area contributed by atoms with Gasteiger partial charge < -0.3 is 15.6 Å². The molecule has 1 aliphatic rings. The van der Waals surface area contributed by atoms with Gasteiger partial charge in [-0.1, -0.05) is 25.5 Å². The Balaban J connectivity index is 1.67. The lowest BCUT2D eigenvalue weighted by Crippen LogP contribution is -2.33. The molecular formula is C24H30N4O3S. The van der Waals surface area contributed by atoms with Crippen molar-refractivity contribution >= 4 is 32.5 Å². The Morgan fingerprint density at radius 1 is 1.19 bits per heavy atom. The van der Waals surface area contributed by atoms with Crippen molar-refractivity contribution in [1.29, 1.82) is 0 Å². The van der Waals surface area contributed by atoms with Gasteiger partial charge in [0.15, 0.2) is 9.84 Å². The monoisotopic (exact) mass is 454 g/mol. The fourth-order valence-corrected chi connectivity index (χ4v) is 5.47. The Hall–Kier alpha value is -2.71. The average Bonchev–Trinajstić information content (AvgIpc) is 3.12. The number of ketones is 1. The van der Waals surface area contributed by atoms with Crippen molar-refractivity contribution in [3.05, 3.63) is 53.2 Å². The Labute approximate surface area is 188 Å². The van der Waals surface area contributed by atoms with E-state index in [0.29, 0.717) is 11.3 Å². The molecule has 0 atom stereocenters. The molecule has 3 aromatic rings. The van der Waals surface area contributed by atoms with Crippen LogP contribution in [0.2, 0.25) is 0 Å². The third-order valence-corrected chi connectivity index (χ3v) is 7.45. The first kappa shape index (κ1) is 22.5. The minimum absolute atomic E-state index is 0.0140. The largest absolute Gasteiger partial charge is 0.385 e. The molecule has 1 fully saturated rings. The molecule has 170 valence electrons. The molecule has 32 heavy (non-hydrogen) atoms. The number of carbonyl (C=O) groups is 1. The van der Waals surface area contributed by atoms with E-state index in [-0.39, 0.29) is 22.1 Å². The van der Waals surface area contributed by atoms with Crippen LogP contribution in [0.25, 0.3) is 11.0 Å². The second kappa shape index (κ2) is 9.03. The van der Waals surface area contributed by atoms with Gasteiger partial charge in [-0.05, 0) is 69.1 Å². The number of nitrogens with two attached hydrogens (primary N) is 1. The molecule has 0 radical (unpaired) electrons. The number of carbonyl (C=O) groups excluding carboxylic acids is 1. The van der Waals surface area contributed by atoms with Crippen molar-refractivity contribution < 1.29 is 13.2 Å². The van der Waals surface area contributed by atoms with Crippen molar-refractivity contribution in [3.8, 4) is 0 Å². The Morgan fingerprint density at radius 3 is 2.59 bits per heavy atom. The number of anilines is 1. The summed E-state index contributed by atoms with van der Waals surface area (Å²) in [5.41, 5.74) is 9.17. The van der Waals surface area contributed by atoms with Crippen LogP contribution in [0.4, 0.5) is 5.82 Å². The molecule has 1 aliphatic heterocycles. The first-order chi connectivity index (χ1) is 15.3. The van der Waals surface area contributed by atoms with Gasteiger partial charge in [-0.2, -0.15) is 0 Å². The first-order valence-electron chi connectivity index (χ1n) is 11.1. The van der Waals surface area contributed by atoms with Crippen LogP contribution in [0.15, 0.2) is 41.3 Å². The normalized spacial score (nSPS) is 15.9. The number of nitrogen functional groups attached to an aromatic ring is 1. The van der Waals surface area contributed by atoms with Gasteiger partial charge in [0.05, 0.1) is 15.9 Å². The van der Waals surface area contributed by atoms with Crippen LogP contribution < -0.4 is 5.73 Å². The molecule has 4 rings (SSSR count). The van der Waals surface area contributed by atoms with Crippen LogP contribution in [0.1, 0.15) is 60.1 Å². The summed E-state index contributed by atoms with van der Waals surface area (Å²) in [5.74, 6) is 0.469. The van der Waals surface area contributed by atoms with Gasteiger partial charge in [0.2, 0.25) is 5.78 Å². The van der Waals surface area contributed by atoms with Gasteiger partial charge in [-0.25, -0.2) is 13.4 Å². The molecule has 3 N–H and O–H groups in total. The van der Waals surface area contributed by atoms with Gasteiger partial charge >= 0.3 is 0 Å². The maximum Gasteiger partial charge on any atom is 0.212 e. The van der Waals surface area contributed by atoms with E-state index < -0.39 is 15.6 Å². The molecular weight excluding hydrogens is 424 g/mol. The maximum atomic E-state index is 13.2. The molecule has 0 amide bonds. The second-order valence-corrected chi connectivity index (χ2v) is 10.6. The number of rotatable bonds is 7. The van der Waals surface area contributed by atoms with Gasteiger partial charge in [0.1, 0.15) is 11.5 Å². The average molecular weight is 455 g/mol. The standard InChI is InChI=1S/C24H30N4O3S/c1-3-4-13-28-14-11-16(12-15-28)21-22-18(27-24(21)25)9-10-19(26-22)23(29)17-7-5-6-8-20(17)32(2,30)31/h5-10,16,27H,3-4,11-15,25H2,1-2H3. The molecule has 1 aromatic carbocycles. The van der Waals surface area contributed by atoms with E-state index in [1.54, 1.807) is 24.3 Å². The number of unbranched alkanes of at least 4 members (excludes halogenated alkanes) is 1. The fraction of sp³-hybridized carbons (Fsp3) is 0.417. The number of likely N-dealkylation sites (tertiary alicyclic amines) is 1. The van der Waals surface area contributed by atoms with Crippen molar-refractivity contribution in [2.45, 2.75) is 43.4 Å². The van der Waals surface area contributed by atoms with Crippen LogP contribution in [-0.4, -0.2) is 55.0 Å². The van der Waals surface area contributed by atoms with E-state index >= 15 is 0 Å². The molecule has 0 aliphatic carbocycles. The van der Waals surface area contributed by atoms with Crippen LogP contribution >= 0.6 is 0 Å². The lowest BCUT2D eigenvalue weighted by Gasteiger charge is -2.32. The van der Waals surface area contributed by atoms with E-state index in [9.17, 15) is 13.2 Å². The number of nitrogens with one attached hydrogen (secondary N) is 1. The van der Waals surface area contributed by atoms with Gasteiger partial charge in [-0.15, -0.1) is 0 Å². The predicted molar refractivity (Wildman–Crippen MR) is 127 cm³/mol. The van der Waals surface area contributed by atoms with Crippen molar-refractivity contribution in [1.82, 2.24) is 14.9 Å². The van der Waals surface area contributed by atoms with E-state index in [1.165, 1.54) is 25.0 Å². The lowest BCUT2D eigenvalue weighted by atomic mass is 9.89. The minimum Gasteiger partial charge on any atom is -0.385 e. The highest BCUT2D eigenvalue weighted by Gasteiger charge is 2.27. The number of nitrogens with zero attached hydrogens (tertiary/aromatic N) is 2. The summed E-state index contributed by atoms with van der Waals surface area (Å²) in [6.45, 7) is 5.38. The Kier molecular flexibility index (Phi) is 6.35. The fourth-order valence-electron chi connectivity index (χ4n) is 4.59. The van der Waals surface area contributed by atoms with E-state index in [2.05, 4.69) is 21.8 Å². The summed E-state index contributed by atoms with van der Waals surface area (Å²) in [7, 11) is -3.54. The summed E-state index contributed by atoms with van der Waals surface area (Å²) in [6.07, 6.45) is 5.50. The predicted octanol–water partition coefficient (Wildman–Crippen LogP) is 3.76. The van der Waals surface area contributed by atoms with Gasteiger partial charge in [0, 0.05) is 17.4 Å². The number of pyridine rings is 1. The number of hydrogen-bond donors (Lipinski definition) is 2. The van der Waals surface area contributed by atoms with Gasteiger partial charge in [0.25, 0.3) is 0 Å². The molecule has 1 saturated heterocycles. The molecule has 0 unspecified atom stereocenters. The van der Waals surface area contributed by atoms with Crippen LogP contribution in [0.3, 0.4) is 0 Å². The second-order valence-electron chi connectivity index (χ2n) is 8.61. The summed E-state index contributed by atoms with van der Waals surface area (Å²) in [5, 5.41) is 0. The van der Waals surface area contributed by atoms with Crippen molar-refractivity contribution in [2.24, 2.45) is 0 Å². The zero-order valence-corrected chi connectivity index (χ0v) is 19.4. The highest BCUT2D eigenvalue weighted by Crippen LogP contribution is 2.36. The number of aromatic nitrogens is 2. The smallest absolute Gasteiger partial charge is 0.212 e. The third-order valence-electron chi connectivity index (χ3n) is 6.30. The molecule has 0 saturated carbocycles. The number of H-pyrrole nitrogens is 1. The molecule has 7 nitrogen and oxygen atoms in total. The van der Waals surface area contributed by atoms with E-state index in [4.69, 9.17) is 5.73 Å². The molecule has 0 bridgehead atoms. The number of piperidine rings is 1. The molecule has 0 spiro atoms. The van der Waals surface area contributed by atoms with Crippen LogP contribution in [-0.2, 0) is 9.84 Å².